The highest BCUT2D eigenvalue weighted by molar-refractivity contribution is 8.26. The van der Waals surface area contributed by atoms with Gasteiger partial charge in [-0.2, -0.15) is 0 Å². The summed E-state index contributed by atoms with van der Waals surface area (Å²) < 4.78 is 16.0. The molecule has 2 aromatic heterocycles. The molecule has 0 spiro atoms. The van der Waals surface area contributed by atoms with Gasteiger partial charge in [0, 0.05) is 0 Å². The number of esters is 1. The number of amides is 1. The number of hydrogen-bond acceptors (Lipinski definition) is 7. The maximum Gasteiger partial charge on any atom is 0.379 e. The zero-order valence-corrected chi connectivity index (χ0v) is 16.0. The summed E-state index contributed by atoms with van der Waals surface area (Å²) in [5, 5.41) is 0. The van der Waals surface area contributed by atoms with Crippen LogP contribution in [0.3, 0.4) is 0 Å². The highest BCUT2D eigenvalue weighted by Crippen LogP contribution is 2.33. The molecule has 1 amide bonds. The van der Waals surface area contributed by atoms with E-state index in [0.29, 0.717) is 27.3 Å². The van der Waals surface area contributed by atoms with Crippen LogP contribution in [0.15, 0.2) is 74.8 Å². The van der Waals surface area contributed by atoms with Gasteiger partial charge in [0.2, 0.25) is 5.76 Å². The second kappa shape index (κ2) is 7.87. The lowest BCUT2D eigenvalue weighted by Gasteiger charge is -2.11. The second-order valence-electron chi connectivity index (χ2n) is 5.78. The number of ether oxygens (including phenoxy) is 1. The van der Waals surface area contributed by atoms with Gasteiger partial charge >= 0.3 is 5.97 Å². The maximum absolute atomic E-state index is 12.6. The van der Waals surface area contributed by atoms with E-state index in [9.17, 15) is 9.59 Å². The van der Waals surface area contributed by atoms with Crippen LogP contribution in [0.1, 0.15) is 21.9 Å². The van der Waals surface area contributed by atoms with Crippen LogP contribution in [0.25, 0.3) is 6.08 Å². The predicted molar refractivity (Wildman–Crippen MR) is 108 cm³/mol. The molecule has 1 aromatic carbocycles. The van der Waals surface area contributed by atoms with Crippen LogP contribution in [0.5, 0.6) is 5.75 Å². The molecule has 3 aromatic rings. The van der Waals surface area contributed by atoms with Gasteiger partial charge in [-0.15, -0.1) is 0 Å². The van der Waals surface area contributed by atoms with Crippen molar-refractivity contribution in [2.45, 2.75) is 6.54 Å². The Hall–Kier alpha value is -3.10. The molecule has 1 saturated heterocycles. The number of thioether (sulfide) groups is 1. The van der Waals surface area contributed by atoms with Crippen LogP contribution in [-0.4, -0.2) is 21.1 Å². The maximum atomic E-state index is 12.6. The van der Waals surface area contributed by atoms with Crippen LogP contribution in [0, 0.1) is 0 Å². The number of benzene rings is 1. The third-order valence-electron chi connectivity index (χ3n) is 3.88. The van der Waals surface area contributed by atoms with Gasteiger partial charge in [-0.05, 0) is 48.0 Å². The minimum absolute atomic E-state index is 0.129. The van der Waals surface area contributed by atoms with Crippen molar-refractivity contribution in [1.29, 1.82) is 0 Å². The Labute approximate surface area is 169 Å². The van der Waals surface area contributed by atoms with E-state index in [1.165, 1.54) is 29.0 Å². The molecule has 0 unspecified atom stereocenters. The molecule has 0 radical (unpaired) electrons. The van der Waals surface area contributed by atoms with Gasteiger partial charge < -0.3 is 13.6 Å². The molecule has 4 rings (SSSR count). The Balaban J connectivity index is 1.44. The highest BCUT2D eigenvalue weighted by Gasteiger charge is 2.32. The summed E-state index contributed by atoms with van der Waals surface area (Å²) in [4.78, 5) is 26.5. The quantitative estimate of drug-likeness (QED) is 0.265. The van der Waals surface area contributed by atoms with Crippen molar-refractivity contribution in [1.82, 2.24) is 4.90 Å². The fourth-order valence-corrected chi connectivity index (χ4v) is 3.79. The molecule has 28 heavy (non-hydrogen) atoms. The van der Waals surface area contributed by atoms with Crippen LogP contribution in [0.2, 0.25) is 0 Å². The van der Waals surface area contributed by atoms with E-state index in [2.05, 4.69) is 0 Å². The Morgan fingerprint density at radius 1 is 1.11 bits per heavy atom. The van der Waals surface area contributed by atoms with E-state index in [4.69, 9.17) is 25.8 Å². The van der Waals surface area contributed by atoms with E-state index in [-0.39, 0.29) is 11.7 Å². The minimum atomic E-state index is -0.573. The molecule has 0 N–H and O–H groups in total. The first-order valence-corrected chi connectivity index (χ1v) is 9.46. The summed E-state index contributed by atoms with van der Waals surface area (Å²) >= 11 is 6.55. The summed E-state index contributed by atoms with van der Waals surface area (Å²) in [5.74, 6) is 0.435. The second-order valence-corrected chi connectivity index (χ2v) is 7.46. The topological polar surface area (TPSA) is 72.9 Å². The fraction of sp³-hybridized carbons (Fsp3) is 0.0500. The number of rotatable bonds is 5. The van der Waals surface area contributed by atoms with Crippen molar-refractivity contribution in [3.63, 3.8) is 0 Å². The Morgan fingerprint density at radius 2 is 1.86 bits per heavy atom. The average molecular weight is 411 g/mol. The zero-order valence-electron chi connectivity index (χ0n) is 14.4. The monoisotopic (exact) mass is 411 g/mol. The van der Waals surface area contributed by atoms with Crippen LogP contribution in [-0.2, 0) is 11.3 Å². The van der Waals surface area contributed by atoms with E-state index < -0.39 is 5.97 Å². The first-order valence-electron chi connectivity index (χ1n) is 8.23. The number of carbonyl (C=O) groups is 2. The van der Waals surface area contributed by atoms with Gasteiger partial charge in [-0.3, -0.25) is 9.69 Å². The summed E-state index contributed by atoms with van der Waals surface area (Å²) in [6.45, 7) is 0.302. The fourth-order valence-electron chi connectivity index (χ4n) is 2.53. The summed E-state index contributed by atoms with van der Waals surface area (Å²) in [6.07, 6.45) is 4.71. The van der Waals surface area contributed by atoms with Gasteiger partial charge in [-0.25, -0.2) is 4.79 Å². The van der Waals surface area contributed by atoms with Crippen LogP contribution in [0.4, 0.5) is 0 Å². The molecule has 0 bridgehead atoms. The summed E-state index contributed by atoms with van der Waals surface area (Å²) in [7, 11) is 0. The number of furan rings is 2. The lowest BCUT2D eigenvalue weighted by Crippen LogP contribution is -2.27. The molecule has 0 atom stereocenters. The predicted octanol–water partition coefficient (Wildman–Crippen LogP) is 4.49. The normalized spacial score (nSPS) is 15.4. The molecule has 1 aliphatic rings. The van der Waals surface area contributed by atoms with Gasteiger partial charge in [0.25, 0.3) is 5.91 Å². The largest absolute Gasteiger partial charge is 0.467 e. The van der Waals surface area contributed by atoms with E-state index in [1.807, 2.05) is 0 Å². The lowest BCUT2D eigenvalue weighted by molar-refractivity contribution is -0.122. The average Bonchev–Trinajstić information content (AvgIpc) is 3.44. The molecule has 1 fully saturated rings. The molecule has 0 aliphatic carbocycles. The minimum Gasteiger partial charge on any atom is -0.467 e. The Bertz CT molecular complexity index is 1040. The van der Waals surface area contributed by atoms with Crippen molar-refractivity contribution >= 4 is 46.3 Å². The summed E-state index contributed by atoms with van der Waals surface area (Å²) in [5.41, 5.74) is 0.788. The zero-order chi connectivity index (χ0) is 19.5. The number of carbonyl (C=O) groups excluding carboxylic acids is 2. The van der Waals surface area contributed by atoms with Gasteiger partial charge in [0.05, 0.1) is 24.0 Å². The standard InChI is InChI=1S/C20H13NO5S2/c22-18-17(28-20(27)21(18)12-15-3-1-9-24-15)11-13-5-7-14(8-6-13)26-19(23)16-4-2-10-25-16/h1-11H,12H2/b17-11-. The van der Waals surface area contributed by atoms with Crippen molar-refractivity contribution in [3.05, 3.63) is 83.0 Å². The smallest absolute Gasteiger partial charge is 0.379 e. The van der Waals surface area contributed by atoms with E-state index in [0.717, 1.165) is 5.56 Å². The number of hydrogen-bond donors (Lipinski definition) is 0. The van der Waals surface area contributed by atoms with Crippen molar-refractivity contribution in [2.75, 3.05) is 0 Å². The molecule has 3 heterocycles. The third-order valence-corrected chi connectivity index (χ3v) is 5.26. The van der Waals surface area contributed by atoms with E-state index >= 15 is 0 Å². The van der Waals surface area contributed by atoms with Gasteiger partial charge in [0.1, 0.15) is 15.8 Å². The number of thiocarbonyl (C=S) groups is 1. The molecule has 8 heteroatoms. The van der Waals surface area contributed by atoms with Crippen molar-refractivity contribution in [3.8, 4) is 5.75 Å². The lowest BCUT2D eigenvalue weighted by atomic mass is 10.2. The number of nitrogens with zero attached hydrogens (tertiary/aromatic N) is 1. The van der Waals surface area contributed by atoms with E-state index in [1.54, 1.807) is 54.8 Å². The highest BCUT2D eigenvalue weighted by atomic mass is 32.2. The van der Waals surface area contributed by atoms with Crippen LogP contribution >= 0.6 is 24.0 Å². The Morgan fingerprint density at radius 3 is 2.54 bits per heavy atom. The summed E-state index contributed by atoms with van der Waals surface area (Å²) in [6, 6.07) is 13.5. The molecule has 1 aliphatic heterocycles. The molecule has 0 saturated carbocycles. The molecular formula is C20H13NO5S2. The molecule has 140 valence electrons. The van der Waals surface area contributed by atoms with Gasteiger partial charge in [-0.1, -0.05) is 36.1 Å². The first-order chi connectivity index (χ1) is 13.6. The Kier molecular flexibility index (Phi) is 5.14. The first kappa shape index (κ1) is 18.3. The van der Waals surface area contributed by atoms with Crippen molar-refractivity contribution in [2.24, 2.45) is 0 Å². The van der Waals surface area contributed by atoms with Crippen molar-refractivity contribution < 1.29 is 23.2 Å². The molecule has 6 nitrogen and oxygen atoms in total. The third kappa shape index (κ3) is 3.92. The molecular weight excluding hydrogens is 398 g/mol. The SMILES string of the molecule is O=C(Oc1ccc(/C=C2\SC(=S)N(Cc3ccco3)C2=O)cc1)c1ccco1. The van der Waals surface area contributed by atoms with Crippen LogP contribution < -0.4 is 4.74 Å². The van der Waals surface area contributed by atoms with Gasteiger partial charge in [0.15, 0.2) is 0 Å².